The first-order chi connectivity index (χ1) is 6.50. The minimum absolute atomic E-state index is 0.0289. The number of hydrogen-bond acceptors (Lipinski definition) is 2. The molecule has 3 nitrogen and oxygen atoms in total. The van der Waals surface area contributed by atoms with Crippen molar-refractivity contribution in [2.45, 2.75) is 18.7 Å². The first-order valence-corrected chi connectivity index (χ1v) is 5.52. The molecule has 1 fully saturated rings. The Hall–Kier alpha value is -0.280. The van der Waals surface area contributed by atoms with Crippen molar-refractivity contribution in [3.05, 3.63) is 0 Å². The Morgan fingerprint density at radius 3 is 2.79 bits per heavy atom. The van der Waals surface area contributed by atoms with Crippen molar-refractivity contribution in [1.29, 1.82) is 0 Å². The second kappa shape index (κ2) is 4.99. The Morgan fingerprint density at radius 1 is 1.71 bits per heavy atom. The number of hydrogen-bond donors (Lipinski definition) is 0. The molecule has 0 aromatic carbocycles. The predicted octanol–water partition coefficient (Wildman–Crippen LogP) is 1.02. The molecule has 0 saturated carbocycles. The molecule has 0 spiro atoms. The summed E-state index contributed by atoms with van der Waals surface area (Å²) in [5.74, 6) is 0.644. The van der Waals surface area contributed by atoms with Crippen LogP contribution in [0.1, 0.15) is 13.3 Å². The molecular weight excluding hydrogens is 200 g/mol. The van der Waals surface area contributed by atoms with Gasteiger partial charge in [-0.1, -0.05) is 0 Å². The van der Waals surface area contributed by atoms with Crippen molar-refractivity contribution in [2.75, 3.05) is 33.7 Å². The number of alkyl halides is 1. The number of halogens is 1. The van der Waals surface area contributed by atoms with E-state index in [4.69, 9.17) is 11.6 Å². The van der Waals surface area contributed by atoms with Gasteiger partial charge in [0.25, 0.3) is 0 Å². The lowest BCUT2D eigenvalue weighted by Gasteiger charge is -2.22. The van der Waals surface area contributed by atoms with Gasteiger partial charge in [-0.3, -0.25) is 4.79 Å². The van der Waals surface area contributed by atoms with E-state index >= 15 is 0 Å². The van der Waals surface area contributed by atoms with Crippen LogP contribution in [0.5, 0.6) is 0 Å². The number of carbonyl (C=O) groups excluding carboxylic acids is 1. The van der Waals surface area contributed by atoms with Gasteiger partial charge in [0.05, 0.1) is 0 Å². The third-order valence-electron chi connectivity index (χ3n) is 2.74. The Bertz CT molecular complexity index is 208. The van der Waals surface area contributed by atoms with E-state index in [-0.39, 0.29) is 5.91 Å². The highest BCUT2D eigenvalue weighted by molar-refractivity contribution is 6.30. The zero-order valence-corrected chi connectivity index (χ0v) is 9.92. The summed E-state index contributed by atoms with van der Waals surface area (Å²) in [6.45, 7) is 4.79. The van der Waals surface area contributed by atoms with Gasteiger partial charge in [0, 0.05) is 20.1 Å². The largest absolute Gasteiger partial charge is 0.344 e. The lowest BCUT2D eigenvalue weighted by Crippen LogP contribution is -2.36. The Labute approximate surface area is 91.0 Å². The lowest BCUT2D eigenvalue weighted by atomic mass is 10.1. The molecule has 1 aliphatic heterocycles. The number of likely N-dealkylation sites (tertiary alicyclic amines) is 1. The number of rotatable bonds is 3. The second-order valence-corrected chi connectivity index (χ2v) is 4.91. The summed E-state index contributed by atoms with van der Waals surface area (Å²) in [6, 6.07) is 0. The molecule has 82 valence electrons. The molecule has 1 heterocycles. The van der Waals surface area contributed by atoms with Crippen molar-refractivity contribution in [3.63, 3.8) is 0 Å². The molecule has 1 amide bonds. The first-order valence-electron chi connectivity index (χ1n) is 5.08. The number of amides is 1. The summed E-state index contributed by atoms with van der Waals surface area (Å²) in [4.78, 5) is 15.5. The highest BCUT2D eigenvalue weighted by atomic mass is 35.5. The third kappa shape index (κ3) is 3.14. The Balaban J connectivity index is 2.33. The van der Waals surface area contributed by atoms with E-state index in [9.17, 15) is 4.79 Å². The molecule has 0 aliphatic carbocycles. The maximum absolute atomic E-state index is 11.5. The minimum Gasteiger partial charge on any atom is -0.344 e. The second-order valence-electron chi connectivity index (χ2n) is 4.25. The molecule has 0 aromatic rings. The van der Waals surface area contributed by atoms with Gasteiger partial charge in [0.2, 0.25) is 5.91 Å². The molecule has 2 unspecified atom stereocenters. The van der Waals surface area contributed by atoms with Gasteiger partial charge in [-0.05, 0) is 32.9 Å². The number of carbonyl (C=O) groups is 1. The van der Waals surface area contributed by atoms with Crippen LogP contribution >= 0.6 is 11.6 Å². The third-order valence-corrected chi connectivity index (χ3v) is 2.92. The molecule has 1 saturated heterocycles. The maximum Gasteiger partial charge on any atom is 0.240 e. The summed E-state index contributed by atoms with van der Waals surface area (Å²) in [5.41, 5.74) is 0. The number of nitrogens with zero attached hydrogens (tertiary/aromatic N) is 2. The van der Waals surface area contributed by atoms with Gasteiger partial charge in [-0.25, -0.2) is 0 Å². The fourth-order valence-corrected chi connectivity index (χ4v) is 2.12. The van der Waals surface area contributed by atoms with E-state index in [1.54, 1.807) is 11.8 Å². The quantitative estimate of drug-likeness (QED) is 0.661. The molecule has 1 aliphatic rings. The molecule has 14 heavy (non-hydrogen) atoms. The lowest BCUT2D eigenvalue weighted by molar-refractivity contribution is -0.129. The fourth-order valence-electron chi connectivity index (χ4n) is 1.96. The predicted molar refractivity (Wildman–Crippen MR) is 58.6 cm³/mol. The fraction of sp³-hybridized carbons (Fsp3) is 0.900. The van der Waals surface area contributed by atoms with Crippen molar-refractivity contribution < 1.29 is 4.79 Å². The highest BCUT2D eigenvalue weighted by Crippen LogP contribution is 2.15. The molecule has 0 N–H and O–H groups in total. The minimum atomic E-state index is -0.404. The van der Waals surface area contributed by atoms with Crippen LogP contribution in [-0.2, 0) is 4.79 Å². The molecule has 0 aromatic heterocycles. The monoisotopic (exact) mass is 218 g/mol. The van der Waals surface area contributed by atoms with E-state index < -0.39 is 5.38 Å². The van der Waals surface area contributed by atoms with Crippen LogP contribution in [0, 0.1) is 5.92 Å². The van der Waals surface area contributed by atoms with E-state index in [0.29, 0.717) is 5.92 Å². The smallest absolute Gasteiger partial charge is 0.240 e. The summed E-state index contributed by atoms with van der Waals surface area (Å²) in [6.07, 6.45) is 1.19. The first kappa shape index (κ1) is 11.8. The van der Waals surface area contributed by atoms with Crippen LogP contribution in [0.15, 0.2) is 0 Å². The van der Waals surface area contributed by atoms with Crippen LogP contribution in [0.2, 0.25) is 0 Å². The van der Waals surface area contributed by atoms with Crippen LogP contribution in [0.4, 0.5) is 0 Å². The normalized spacial score (nSPS) is 25.0. The van der Waals surface area contributed by atoms with Crippen molar-refractivity contribution in [3.8, 4) is 0 Å². The molecule has 0 bridgehead atoms. The van der Waals surface area contributed by atoms with Gasteiger partial charge in [0.15, 0.2) is 0 Å². The molecule has 1 rings (SSSR count). The standard InChI is InChI=1S/C10H19ClN2O/c1-8(11)10(14)13(3)7-9-4-5-12(2)6-9/h8-9H,4-7H2,1-3H3. The molecular formula is C10H19ClN2O. The average molecular weight is 219 g/mol. The van der Waals surface area contributed by atoms with E-state index in [1.807, 2.05) is 7.05 Å². The van der Waals surface area contributed by atoms with Crippen LogP contribution < -0.4 is 0 Å². The summed E-state index contributed by atoms with van der Waals surface area (Å²) >= 11 is 5.74. The van der Waals surface area contributed by atoms with E-state index in [2.05, 4.69) is 11.9 Å². The Kier molecular flexibility index (Phi) is 4.20. The molecule has 4 heteroatoms. The maximum atomic E-state index is 11.5. The van der Waals surface area contributed by atoms with Crippen LogP contribution in [-0.4, -0.2) is 54.8 Å². The van der Waals surface area contributed by atoms with Crippen LogP contribution in [0.25, 0.3) is 0 Å². The molecule has 2 atom stereocenters. The summed E-state index contributed by atoms with van der Waals surface area (Å²) in [5, 5.41) is -0.404. The van der Waals surface area contributed by atoms with Gasteiger partial charge < -0.3 is 9.80 Å². The van der Waals surface area contributed by atoms with Crippen molar-refractivity contribution in [2.24, 2.45) is 5.92 Å². The zero-order valence-electron chi connectivity index (χ0n) is 9.16. The summed E-state index contributed by atoms with van der Waals surface area (Å²) in [7, 11) is 3.95. The van der Waals surface area contributed by atoms with Crippen molar-refractivity contribution >= 4 is 17.5 Å². The van der Waals surface area contributed by atoms with Gasteiger partial charge >= 0.3 is 0 Å². The SMILES string of the molecule is CC(Cl)C(=O)N(C)CC1CCN(C)C1. The van der Waals surface area contributed by atoms with E-state index in [0.717, 1.165) is 19.6 Å². The van der Waals surface area contributed by atoms with Gasteiger partial charge in [-0.15, -0.1) is 11.6 Å². The van der Waals surface area contributed by atoms with Gasteiger partial charge in [0.1, 0.15) is 5.38 Å². The summed E-state index contributed by atoms with van der Waals surface area (Å²) < 4.78 is 0. The molecule has 0 radical (unpaired) electrons. The van der Waals surface area contributed by atoms with E-state index in [1.165, 1.54) is 6.42 Å². The van der Waals surface area contributed by atoms with Crippen molar-refractivity contribution in [1.82, 2.24) is 9.80 Å². The Morgan fingerprint density at radius 2 is 2.36 bits per heavy atom. The highest BCUT2D eigenvalue weighted by Gasteiger charge is 2.23. The van der Waals surface area contributed by atoms with Crippen LogP contribution in [0.3, 0.4) is 0 Å². The average Bonchev–Trinajstić information content (AvgIpc) is 2.49. The van der Waals surface area contributed by atoms with Gasteiger partial charge in [-0.2, -0.15) is 0 Å². The zero-order chi connectivity index (χ0) is 10.7. The topological polar surface area (TPSA) is 23.6 Å².